The summed E-state index contributed by atoms with van der Waals surface area (Å²) in [5, 5.41) is 0. The van der Waals surface area contributed by atoms with E-state index in [0.29, 0.717) is 4.90 Å². The van der Waals surface area contributed by atoms with Gasteiger partial charge in [-0.05, 0) is 91.0 Å². The minimum atomic E-state index is -3.91. The average Bonchev–Trinajstić information content (AvgIpc) is 3.44. The fourth-order valence-electron chi connectivity index (χ4n) is 4.47. The van der Waals surface area contributed by atoms with Gasteiger partial charge < -0.3 is 4.74 Å². The summed E-state index contributed by atoms with van der Waals surface area (Å²) >= 11 is 0.949. The quantitative estimate of drug-likeness (QED) is 0.176. The second kappa shape index (κ2) is 15.8. The molecule has 2 saturated heterocycles. The van der Waals surface area contributed by atoms with Gasteiger partial charge in [0.25, 0.3) is 0 Å². The summed E-state index contributed by atoms with van der Waals surface area (Å²) in [6.45, 7) is 2.17. The van der Waals surface area contributed by atoms with E-state index in [-0.39, 0.29) is 53.8 Å². The van der Waals surface area contributed by atoms with Crippen LogP contribution in [-0.4, -0.2) is 79.2 Å². The first kappa shape index (κ1) is 36.2. The number of sulfonamides is 2. The van der Waals surface area contributed by atoms with Crippen LogP contribution in [0, 0.1) is 47.9 Å². The second-order valence-electron chi connectivity index (χ2n) is 9.33. The summed E-state index contributed by atoms with van der Waals surface area (Å²) in [6.07, 6.45) is 6.17. The van der Waals surface area contributed by atoms with E-state index in [1.807, 2.05) is 0 Å². The Balaban J connectivity index is 0.000000535. The van der Waals surface area contributed by atoms with Crippen molar-refractivity contribution in [3.8, 4) is 47.9 Å². The molecule has 2 aromatic carbocycles. The summed E-state index contributed by atoms with van der Waals surface area (Å²) in [5.41, 5.74) is -1.14. The molecule has 1 spiro atoms. The first-order chi connectivity index (χ1) is 21.3. The van der Waals surface area contributed by atoms with Crippen molar-refractivity contribution in [2.24, 2.45) is 0 Å². The maximum atomic E-state index is 13.4. The number of ether oxygens (including phenoxy) is 1. The molecule has 2 aromatic rings. The molecule has 0 amide bonds. The number of rotatable bonds is 8. The minimum Gasteiger partial charge on any atom is -0.358 e. The van der Waals surface area contributed by atoms with Crippen molar-refractivity contribution in [2.75, 3.05) is 39.6 Å². The van der Waals surface area contributed by atoms with Gasteiger partial charge in [-0.25, -0.2) is 30.1 Å². The third kappa shape index (κ3) is 9.12. The van der Waals surface area contributed by atoms with E-state index >= 15 is 0 Å². The summed E-state index contributed by atoms with van der Waals surface area (Å²) < 4.78 is 89.8. The van der Waals surface area contributed by atoms with E-state index in [2.05, 4.69) is 46.3 Å². The summed E-state index contributed by atoms with van der Waals surface area (Å²) in [5.74, 6) is 17.0. The minimum absolute atomic E-state index is 0.0251. The van der Waals surface area contributed by atoms with E-state index in [4.69, 9.17) is 15.5 Å². The van der Waals surface area contributed by atoms with Gasteiger partial charge in [-0.15, -0.1) is 6.42 Å². The van der Waals surface area contributed by atoms with Crippen LogP contribution < -0.4 is 0 Å². The predicted molar refractivity (Wildman–Crippen MR) is 168 cm³/mol. The SMILES string of the molecule is C#CC#CC#CC#CC.COOSc1ccc(S(=O)(=O)N2CCOC23CCN(S(=O)(=O)c2ccc(S(C)(=O)=O)cc2)CC3)cc1. The molecule has 0 aromatic heterocycles. The zero-order valence-electron chi connectivity index (χ0n) is 24.6. The van der Waals surface area contributed by atoms with Crippen molar-refractivity contribution < 1.29 is 39.2 Å². The molecule has 238 valence electrons. The van der Waals surface area contributed by atoms with Gasteiger partial charge in [0.15, 0.2) is 9.84 Å². The molecule has 0 saturated carbocycles. The summed E-state index contributed by atoms with van der Waals surface area (Å²) in [7, 11) is -9.89. The van der Waals surface area contributed by atoms with Crippen LogP contribution >= 0.6 is 12.0 Å². The zero-order chi connectivity index (χ0) is 33.1. The Morgan fingerprint density at radius 1 is 0.800 bits per heavy atom. The largest absolute Gasteiger partial charge is 0.358 e. The van der Waals surface area contributed by atoms with Gasteiger partial charge >= 0.3 is 0 Å². The highest BCUT2D eigenvalue weighted by atomic mass is 32.2. The first-order valence-corrected chi connectivity index (χ1v) is 18.6. The molecular weight excluding hydrogens is 661 g/mol. The van der Waals surface area contributed by atoms with Crippen LogP contribution in [0.1, 0.15) is 19.8 Å². The van der Waals surface area contributed by atoms with E-state index in [1.165, 1.54) is 52.1 Å². The fourth-order valence-corrected chi connectivity index (χ4v) is 8.66. The van der Waals surface area contributed by atoms with Crippen molar-refractivity contribution in [1.82, 2.24) is 8.61 Å². The lowest BCUT2D eigenvalue weighted by Gasteiger charge is -2.42. The van der Waals surface area contributed by atoms with Crippen molar-refractivity contribution in [1.29, 1.82) is 0 Å². The number of terminal acetylenes is 1. The molecule has 2 aliphatic rings. The molecule has 0 aliphatic carbocycles. The zero-order valence-corrected chi connectivity index (χ0v) is 27.9. The Morgan fingerprint density at radius 2 is 1.33 bits per heavy atom. The van der Waals surface area contributed by atoms with Gasteiger partial charge in [-0.3, -0.25) is 0 Å². The Bertz CT molecular complexity index is 1910. The van der Waals surface area contributed by atoms with Crippen LogP contribution in [0.2, 0.25) is 0 Å². The maximum absolute atomic E-state index is 13.4. The van der Waals surface area contributed by atoms with Crippen LogP contribution in [0.3, 0.4) is 0 Å². The maximum Gasteiger partial charge on any atom is 0.245 e. The molecule has 11 nitrogen and oxygen atoms in total. The molecule has 2 fully saturated rings. The Labute approximate surface area is 269 Å². The molecule has 45 heavy (non-hydrogen) atoms. The van der Waals surface area contributed by atoms with Crippen molar-refractivity contribution in [2.45, 2.75) is 45.1 Å². The fraction of sp³-hybridized carbons (Fsp3) is 0.333. The van der Waals surface area contributed by atoms with Gasteiger partial charge in [0.2, 0.25) is 20.0 Å². The molecule has 0 N–H and O–H groups in total. The van der Waals surface area contributed by atoms with Crippen molar-refractivity contribution in [3.63, 3.8) is 0 Å². The molecule has 2 heterocycles. The number of sulfone groups is 1. The number of hydrogen-bond acceptors (Lipinski definition) is 10. The number of piperidine rings is 1. The van der Waals surface area contributed by atoms with E-state index in [9.17, 15) is 25.3 Å². The molecule has 0 atom stereocenters. The highest BCUT2D eigenvalue weighted by Crippen LogP contribution is 2.39. The number of nitrogens with zero attached hydrogens (tertiary/aromatic N) is 2. The van der Waals surface area contributed by atoms with Gasteiger partial charge in [0.1, 0.15) is 5.72 Å². The molecule has 0 bridgehead atoms. The third-order valence-electron chi connectivity index (χ3n) is 6.57. The van der Waals surface area contributed by atoms with E-state index in [0.717, 1.165) is 18.3 Å². The number of hydrogen-bond donors (Lipinski definition) is 0. The average molecular weight is 691 g/mol. The van der Waals surface area contributed by atoms with E-state index in [1.54, 1.807) is 19.1 Å². The third-order valence-corrected chi connectivity index (χ3v) is 12.2. The number of benzene rings is 2. The van der Waals surface area contributed by atoms with Crippen molar-refractivity contribution >= 4 is 41.9 Å². The van der Waals surface area contributed by atoms with Gasteiger partial charge in [0.05, 0.1) is 40.4 Å². The summed E-state index contributed by atoms with van der Waals surface area (Å²) in [4.78, 5) is 5.27. The highest BCUT2D eigenvalue weighted by Gasteiger charge is 2.51. The molecule has 15 heteroatoms. The lowest BCUT2D eigenvalue weighted by molar-refractivity contribution is -0.160. The van der Waals surface area contributed by atoms with Gasteiger partial charge in [-0.2, -0.15) is 12.9 Å². The topological polar surface area (TPSA) is 137 Å². The Kier molecular flexibility index (Phi) is 12.7. The smallest absolute Gasteiger partial charge is 0.245 e. The van der Waals surface area contributed by atoms with Crippen LogP contribution in [0.25, 0.3) is 0 Å². The van der Waals surface area contributed by atoms with Crippen LogP contribution in [0.5, 0.6) is 0 Å². The first-order valence-electron chi connectivity index (χ1n) is 13.1. The normalized spacial score (nSPS) is 16.4. The van der Waals surface area contributed by atoms with Gasteiger partial charge in [-0.1, -0.05) is 5.92 Å². The second-order valence-corrected chi connectivity index (χ2v) is 15.9. The van der Waals surface area contributed by atoms with Crippen molar-refractivity contribution in [3.05, 3.63) is 48.5 Å². The standard InChI is InChI=1S/C21H26N2O9S4.C9H4/c1-30-32-33-17-3-5-20(6-4-17)36(28,29)23-15-16-31-21(23)11-13-22(14-12-21)35(26,27)19-9-7-18(8-10-19)34(2,24)25;1-3-5-7-9-8-6-4-2/h3-10H,11-16H2,1-2H3;1H,2H3. The van der Waals surface area contributed by atoms with Crippen LogP contribution in [0.4, 0.5) is 0 Å². The molecular formula is C30H30N2O9S4. The molecule has 2 aliphatic heterocycles. The van der Waals surface area contributed by atoms with Gasteiger partial charge in [0, 0.05) is 43.6 Å². The summed E-state index contributed by atoms with van der Waals surface area (Å²) in [6, 6.07) is 11.2. The monoisotopic (exact) mass is 690 g/mol. The van der Waals surface area contributed by atoms with Crippen LogP contribution in [-0.2, 0) is 43.8 Å². The van der Waals surface area contributed by atoms with Crippen LogP contribution in [0.15, 0.2) is 68.1 Å². The lowest BCUT2D eigenvalue weighted by atomic mass is 10.0. The molecule has 0 unspecified atom stereocenters. The highest BCUT2D eigenvalue weighted by molar-refractivity contribution is 7.94. The molecule has 0 radical (unpaired) electrons. The lowest BCUT2D eigenvalue weighted by Crippen LogP contribution is -2.55. The Morgan fingerprint density at radius 3 is 1.89 bits per heavy atom. The molecule has 4 rings (SSSR count). The Hall–Kier alpha value is -3.32. The van der Waals surface area contributed by atoms with E-state index < -0.39 is 35.6 Å². The predicted octanol–water partition coefficient (Wildman–Crippen LogP) is 2.53.